The largest absolute Gasteiger partial charge is 0.383 e. The summed E-state index contributed by atoms with van der Waals surface area (Å²) in [5, 5.41) is 4.53. The molecule has 0 spiro atoms. The van der Waals surface area contributed by atoms with Crippen molar-refractivity contribution in [2.24, 2.45) is 0 Å². The fourth-order valence-corrected chi connectivity index (χ4v) is 2.02. The molecule has 0 aromatic carbocycles. The summed E-state index contributed by atoms with van der Waals surface area (Å²) in [4.78, 5) is 2.16. The Kier molecular flexibility index (Phi) is 5.95. The van der Waals surface area contributed by atoms with E-state index in [1.165, 1.54) is 0 Å². The van der Waals surface area contributed by atoms with Crippen LogP contribution in [0, 0.1) is 0 Å². The van der Waals surface area contributed by atoms with Crippen molar-refractivity contribution in [3.63, 3.8) is 0 Å². The first-order chi connectivity index (χ1) is 8.02. The number of methoxy groups -OCH3 is 1. The summed E-state index contributed by atoms with van der Waals surface area (Å²) in [5.41, 5.74) is 1.07. The molecule has 1 aromatic rings. The second kappa shape index (κ2) is 6.99. The van der Waals surface area contributed by atoms with Crippen LogP contribution in [0.5, 0.6) is 0 Å². The van der Waals surface area contributed by atoms with Crippen molar-refractivity contribution in [2.75, 3.05) is 27.3 Å². The zero-order chi connectivity index (χ0) is 12.8. The molecule has 98 valence electrons. The third-order valence-electron chi connectivity index (χ3n) is 2.48. The van der Waals surface area contributed by atoms with Gasteiger partial charge in [0.1, 0.15) is 0 Å². The van der Waals surface area contributed by atoms with E-state index in [4.69, 9.17) is 16.3 Å². The standard InChI is InChI=1S/C12H22ClN3O/c1-10(2)16-6-5-12(14-16)8-15(3)7-11(13)9-17-4/h5-6,10-11H,7-9H2,1-4H3. The van der Waals surface area contributed by atoms with E-state index >= 15 is 0 Å². The molecule has 0 aliphatic heterocycles. The normalized spacial score (nSPS) is 13.6. The van der Waals surface area contributed by atoms with Gasteiger partial charge in [0, 0.05) is 32.4 Å². The first-order valence-corrected chi connectivity index (χ1v) is 6.32. The van der Waals surface area contributed by atoms with Crippen molar-refractivity contribution in [1.82, 2.24) is 14.7 Å². The maximum absolute atomic E-state index is 6.11. The van der Waals surface area contributed by atoms with Crippen LogP contribution in [0.1, 0.15) is 25.6 Å². The van der Waals surface area contributed by atoms with Crippen molar-refractivity contribution in [1.29, 1.82) is 0 Å². The van der Waals surface area contributed by atoms with Gasteiger partial charge < -0.3 is 4.74 Å². The zero-order valence-electron chi connectivity index (χ0n) is 11.1. The molecule has 1 heterocycles. The van der Waals surface area contributed by atoms with Crippen molar-refractivity contribution in [3.05, 3.63) is 18.0 Å². The molecule has 1 rings (SSSR count). The number of ether oxygens (including phenoxy) is 1. The van der Waals surface area contributed by atoms with Gasteiger partial charge in [-0.1, -0.05) is 0 Å². The van der Waals surface area contributed by atoms with E-state index in [0.29, 0.717) is 12.6 Å². The van der Waals surface area contributed by atoms with E-state index in [1.807, 2.05) is 17.9 Å². The Morgan fingerprint density at radius 1 is 1.53 bits per heavy atom. The fraction of sp³-hybridized carbons (Fsp3) is 0.750. The zero-order valence-corrected chi connectivity index (χ0v) is 11.8. The van der Waals surface area contributed by atoms with Gasteiger partial charge >= 0.3 is 0 Å². The molecule has 0 bridgehead atoms. The Labute approximate surface area is 108 Å². The van der Waals surface area contributed by atoms with Gasteiger partial charge in [-0.3, -0.25) is 9.58 Å². The van der Waals surface area contributed by atoms with Gasteiger partial charge in [0.2, 0.25) is 0 Å². The van der Waals surface area contributed by atoms with E-state index < -0.39 is 0 Å². The van der Waals surface area contributed by atoms with Crippen LogP contribution < -0.4 is 0 Å². The van der Waals surface area contributed by atoms with Crippen LogP contribution in [0.15, 0.2) is 12.3 Å². The minimum Gasteiger partial charge on any atom is -0.383 e. The van der Waals surface area contributed by atoms with Gasteiger partial charge in [0.25, 0.3) is 0 Å². The average Bonchev–Trinajstić information content (AvgIpc) is 2.66. The van der Waals surface area contributed by atoms with Crippen LogP contribution in [0.2, 0.25) is 0 Å². The molecule has 1 atom stereocenters. The minimum atomic E-state index is 0.0252. The van der Waals surface area contributed by atoms with Gasteiger partial charge in [0.15, 0.2) is 0 Å². The minimum absolute atomic E-state index is 0.0252. The van der Waals surface area contributed by atoms with Gasteiger partial charge in [-0.25, -0.2) is 0 Å². The molecule has 5 heteroatoms. The molecule has 0 radical (unpaired) electrons. The average molecular weight is 260 g/mol. The number of alkyl halides is 1. The SMILES string of the molecule is COCC(Cl)CN(C)Cc1ccn(C(C)C)n1. The number of nitrogens with zero attached hydrogens (tertiary/aromatic N) is 3. The molecular formula is C12H22ClN3O. The predicted molar refractivity (Wildman–Crippen MR) is 70.5 cm³/mol. The summed E-state index contributed by atoms with van der Waals surface area (Å²) in [6, 6.07) is 2.46. The lowest BCUT2D eigenvalue weighted by molar-refractivity contribution is 0.181. The third kappa shape index (κ3) is 5.06. The van der Waals surface area contributed by atoms with Crippen molar-refractivity contribution < 1.29 is 4.74 Å². The van der Waals surface area contributed by atoms with Gasteiger partial charge in [0.05, 0.1) is 17.7 Å². The molecule has 1 unspecified atom stereocenters. The van der Waals surface area contributed by atoms with E-state index in [0.717, 1.165) is 18.8 Å². The first-order valence-electron chi connectivity index (χ1n) is 5.88. The quantitative estimate of drug-likeness (QED) is 0.703. The maximum atomic E-state index is 6.11. The summed E-state index contributed by atoms with van der Waals surface area (Å²) in [5.74, 6) is 0. The van der Waals surface area contributed by atoms with Crippen molar-refractivity contribution in [3.8, 4) is 0 Å². The summed E-state index contributed by atoms with van der Waals surface area (Å²) in [6.07, 6.45) is 2.02. The second-order valence-corrected chi connectivity index (χ2v) is 5.25. The van der Waals surface area contributed by atoms with Crippen LogP contribution in [0.4, 0.5) is 0 Å². The molecule has 0 aliphatic carbocycles. The number of rotatable bonds is 7. The maximum Gasteiger partial charge on any atom is 0.0764 e. The van der Waals surface area contributed by atoms with Crippen LogP contribution >= 0.6 is 11.6 Å². The topological polar surface area (TPSA) is 30.3 Å². The summed E-state index contributed by atoms with van der Waals surface area (Å²) in [6.45, 7) is 6.42. The second-order valence-electron chi connectivity index (χ2n) is 4.63. The molecular weight excluding hydrogens is 238 g/mol. The monoisotopic (exact) mass is 259 g/mol. The van der Waals surface area contributed by atoms with Gasteiger partial charge in [-0.15, -0.1) is 11.6 Å². The summed E-state index contributed by atoms with van der Waals surface area (Å²) in [7, 11) is 3.71. The molecule has 0 fully saturated rings. The lowest BCUT2D eigenvalue weighted by Gasteiger charge is -2.18. The van der Waals surface area contributed by atoms with Crippen LogP contribution in [0.25, 0.3) is 0 Å². The molecule has 17 heavy (non-hydrogen) atoms. The smallest absolute Gasteiger partial charge is 0.0764 e. The van der Waals surface area contributed by atoms with E-state index in [1.54, 1.807) is 7.11 Å². The van der Waals surface area contributed by atoms with Gasteiger partial charge in [-0.05, 0) is 27.0 Å². The highest BCUT2D eigenvalue weighted by Gasteiger charge is 2.10. The number of halogens is 1. The Morgan fingerprint density at radius 2 is 2.24 bits per heavy atom. The Bertz CT molecular complexity index is 327. The Hall–Kier alpha value is -0.580. The summed E-state index contributed by atoms with van der Waals surface area (Å²) < 4.78 is 6.98. The molecule has 0 N–H and O–H groups in total. The van der Waals surface area contributed by atoms with Crippen molar-refractivity contribution >= 4 is 11.6 Å². The number of hydrogen-bond donors (Lipinski definition) is 0. The third-order valence-corrected chi connectivity index (χ3v) is 2.75. The predicted octanol–water partition coefficient (Wildman–Crippen LogP) is 2.15. The molecule has 0 aliphatic rings. The van der Waals surface area contributed by atoms with E-state index in [2.05, 4.69) is 29.9 Å². The molecule has 0 amide bonds. The molecule has 0 saturated carbocycles. The lowest BCUT2D eigenvalue weighted by Crippen LogP contribution is -2.28. The molecule has 1 aromatic heterocycles. The Balaban J connectivity index is 2.41. The Morgan fingerprint density at radius 3 is 2.76 bits per heavy atom. The summed E-state index contributed by atoms with van der Waals surface area (Å²) >= 11 is 6.11. The van der Waals surface area contributed by atoms with Crippen molar-refractivity contribution in [2.45, 2.75) is 31.8 Å². The highest BCUT2D eigenvalue weighted by atomic mass is 35.5. The highest BCUT2D eigenvalue weighted by Crippen LogP contribution is 2.07. The van der Waals surface area contributed by atoms with Gasteiger partial charge in [-0.2, -0.15) is 5.10 Å². The molecule has 4 nitrogen and oxygen atoms in total. The lowest BCUT2D eigenvalue weighted by atomic mass is 10.3. The van der Waals surface area contributed by atoms with Crippen LogP contribution in [0.3, 0.4) is 0 Å². The number of aromatic nitrogens is 2. The van der Waals surface area contributed by atoms with E-state index in [-0.39, 0.29) is 5.38 Å². The van der Waals surface area contributed by atoms with E-state index in [9.17, 15) is 0 Å². The molecule has 0 saturated heterocycles. The number of hydrogen-bond acceptors (Lipinski definition) is 3. The fourth-order valence-electron chi connectivity index (χ4n) is 1.66. The van der Waals surface area contributed by atoms with Crippen LogP contribution in [-0.2, 0) is 11.3 Å². The van der Waals surface area contributed by atoms with Crippen LogP contribution in [-0.4, -0.2) is 47.4 Å². The first kappa shape index (κ1) is 14.5. The highest BCUT2D eigenvalue weighted by molar-refractivity contribution is 6.20.